The largest absolute Gasteiger partial charge is 0.464 e. The fraction of sp³-hybridized carbons (Fsp3) is 0.267. The number of carbonyl (C=O) groups is 1. The third kappa shape index (κ3) is 3.28. The van der Waals surface area contributed by atoms with Crippen LogP contribution in [0.2, 0.25) is 5.02 Å². The maximum Gasteiger partial charge on any atom is 0.230 e. The highest BCUT2D eigenvalue weighted by Crippen LogP contribution is 2.25. The van der Waals surface area contributed by atoms with Crippen molar-refractivity contribution < 1.29 is 9.21 Å². The van der Waals surface area contributed by atoms with E-state index in [0.717, 1.165) is 28.8 Å². The number of hydrogen-bond acceptors (Lipinski definition) is 5. The van der Waals surface area contributed by atoms with Crippen molar-refractivity contribution in [1.82, 2.24) is 10.2 Å². The molecule has 0 radical (unpaired) electrons. The Labute approximate surface area is 136 Å². The lowest BCUT2D eigenvalue weighted by molar-refractivity contribution is -0.115. The van der Waals surface area contributed by atoms with Crippen molar-refractivity contribution in [3.8, 4) is 0 Å². The predicted molar refractivity (Wildman–Crippen MR) is 87.5 cm³/mol. The highest BCUT2D eigenvalue weighted by Gasteiger charge is 2.13. The van der Waals surface area contributed by atoms with E-state index in [0.29, 0.717) is 15.7 Å². The van der Waals surface area contributed by atoms with Crippen molar-refractivity contribution >= 4 is 44.9 Å². The lowest BCUT2D eigenvalue weighted by atomic mass is 10.1. The molecular weight excluding hydrogens is 322 g/mol. The number of halogens is 1. The Hall–Kier alpha value is -1.92. The van der Waals surface area contributed by atoms with Gasteiger partial charge in [0.2, 0.25) is 11.0 Å². The van der Waals surface area contributed by atoms with E-state index in [1.807, 2.05) is 0 Å². The number of anilines is 1. The van der Waals surface area contributed by atoms with Crippen LogP contribution in [0.15, 0.2) is 28.9 Å². The topological polar surface area (TPSA) is 68.0 Å². The van der Waals surface area contributed by atoms with Gasteiger partial charge in [0.05, 0.1) is 12.7 Å². The minimum atomic E-state index is -0.151. The molecular formula is C15H14ClN3O2S. The van der Waals surface area contributed by atoms with Gasteiger partial charge in [-0.15, -0.1) is 10.2 Å². The fourth-order valence-electron chi connectivity index (χ4n) is 2.15. The van der Waals surface area contributed by atoms with E-state index in [2.05, 4.69) is 22.4 Å². The molecule has 114 valence electrons. The zero-order valence-corrected chi connectivity index (χ0v) is 13.5. The summed E-state index contributed by atoms with van der Waals surface area (Å²) in [5.41, 5.74) is 1.52. The van der Waals surface area contributed by atoms with Crippen LogP contribution in [0, 0.1) is 0 Å². The average Bonchev–Trinajstić information content (AvgIpc) is 3.07. The molecule has 0 saturated carbocycles. The van der Waals surface area contributed by atoms with Gasteiger partial charge in [0, 0.05) is 22.4 Å². The molecule has 1 aromatic carbocycles. The third-order valence-electron chi connectivity index (χ3n) is 3.14. The van der Waals surface area contributed by atoms with Gasteiger partial charge in [-0.3, -0.25) is 4.79 Å². The Morgan fingerprint density at radius 3 is 3.09 bits per heavy atom. The molecule has 1 N–H and O–H groups in total. The van der Waals surface area contributed by atoms with E-state index < -0.39 is 0 Å². The summed E-state index contributed by atoms with van der Waals surface area (Å²) in [6.45, 7) is 2.08. The van der Waals surface area contributed by atoms with Crippen LogP contribution in [0.1, 0.15) is 23.9 Å². The van der Waals surface area contributed by atoms with E-state index in [9.17, 15) is 4.79 Å². The second kappa shape index (κ2) is 6.46. The van der Waals surface area contributed by atoms with Crippen molar-refractivity contribution in [3.63, 3.8) is 0 Å². The number of amides is 1. The standard InChI is InChI=1S/C15H14ClN3O2S/c1-2-3-14-18-19-15(22-14)17-13(20)6-9-8-21-12-5-4-10(16)7-11(9)12/h4-5,7-8H,2-3,6H2,1H3,(H,17,19,20). The number of fused-ring (bicyclic) bond motifs is 1. The molecule has 0 atom stereocenters. The van der Waals surface area contributed by atoms with Gasteiger partial charge in [-0.05, 0) is 24.6 Å². The molecule has 5 nitrogen and oxygen atoms in total. The molecule has 0 saturated heterocycles. The van der Waals surface area contributed by atoms with Crippen molar-refractivity contribution in [2.24, 2.45) is 0 Å². The maximum absolute atomic E-state index is 12.1. The zero-order chi connectivity index (χ0) is 15.5. The summed E-state index contributed by atoms with van der Waals surface area (Å²) >= 11 is 7.39. The number of benzene rings is 1. The number of hydrogen-bond donors (Lipinski definition) is 1. The second-order valence-electron chi connectivity index (χ2n) is 4.88. The highest BCUT2D eigenvalue weighted by molar-refractivity contribution is 7.15. The first-order valence-corrected chi connectivity index (χ1v) is 8.13. The fourth-order valence-corrected chi connectivity index (χ4v) is 3.18. The monoisotopic (exact) mass is 335 g/mol. The first kappa shape index (κ1) is 15.0. The highest BCUT2D eigenvalue weighted by atomic mass is 35.5. The summed E-state index contributed by atoms with van der Waals surface area (Å²) < 4.78 is 5.43. The molecule has 22 heavy (non-hydrogen) atoms. The van der Waals surface area contributed by atoms with Crippen LogP contribution in [-0.2, 0) is 17.6 Å². The van der Waals surface area contributed by atoms with E-state index in [-0.39, 0.29) is 12.3 Å². The van der Waals surface area contributed by atoms with Crippen LogP contribution in [0.3, 0.4) is 0 Å². The van der Waals surface area contributed by atoms with Gasteiger partial charge in [-0.2, -0.15) is 0 Å². The summed E-state index contributed by atoms with van der Waals surface area (Å²) in [5.74, 6) is -0.151. The smallest absolute Gasteiger partial charge is 0.230 e. The number of carbonyl (C=O) groups excluding carboxylic acids is 1. The van der Waals surface area contributed by atoms with Crippen LogP contribution in [0.4, 0.5) is 5.13 Å². The second-order valence-corrected chi connectivity index (χ2v) is 6.38. The van der Waals surface area contributed by atoms with E-state index >= 15 is 0 Å². The quantitative estimate of drug-likeness (QED) is 0.763. The molecule has 1 amide bonds. The van der Waals surface area contributed by atoms with Crippen molar-refractivity contribution in [1.29, 1.82) is 0 Å². The van der Waals surface area contributed by atoms with Crippen molar-refractivity contribution in [2.75, 3.05) is 5.32 Å². The van der Waals surface area contributed by atoms with Crippen LogP contribution >= 0.6 is 22.9 Å². The Kier molecular flexibility index (Phi) is 4.40. The lowest BCUT2D eigenvalue weighted by Gasteiger charge is -1.99. The Morgan fingerprint density at radius 2 is 2.27 bits per heavy atom. The van der Waals surface area contributed by atoms with Gasteiger partial charge in [-0.1, -0.05) is 29.9 Å². The first-order chi connectivity index (χ1) is 10.7. The van der Waals surface area contributed by atoms with Gasteiger partial charge in [0.15, 0.2) is 0 Å². The first-order valence-electron chi connectivity index (χ1n) is 6.93. The van der Waals surface area contributed by atoms with Crippen LogP contribution in [-0.4, -0.2) is 16.1 Å². The molecule has 0 aliphatic heterocycles. The number of aromatic nitrogens is 2. The molecule has 0 aliphatic rings. The molecule has 7 heteroatoms. The summed E-state index contributed by atoms with van der Waals surface area (Å²) in [5, 5.41) is 13.7. The summed E-state index contributed by atoms with van der Waals surface area (Å²) in [4.78, 5) is 12.1. The van der Waals surface area contributed by atoms with E-state index in [1.165, 1.54) is 11.3 Å². The third-order valence-corrected chi connectivity index (χ3v) is 4.28. The van der Waals surface area contributed by atoms with Gasteiger partial charge >= 0.3 is 0 Å². The Balaban J connectivity index is 1.71. The summed E-state index contributed by atoms with van der Waals surface area (Å²) in [6.07, 6.45) is 3.67. The number of aryl methyl sites for hydroxylation is 1. The SMILES string of the molecule is CCCc1nnc(NC(=O)Cc2coc3ccc(Cl)cc23)s1. The lowest BCUT2D eigenvalue weighted by Crippen LogP contribution is -2.13. The van der Waals surface area contributed by atoms with Crippen LogP contribution < -0.4 is 5.32 Å². The van der Waals surface area contributed by atoms with Crippen molar-refractivity contribution in [2.45, 2.75) is 26.2 Å². The zero-order valence-electron chi connectivity index (χ0n) is 11.9. The molecule has 0 fully saturated rings. The van der Waals surface area contributed by atoms with E-state index in [1.54, 1.807) is 24.5 Å². The molecule has 2 heterocycles. The number of nitrogens with one attached hydrogen (secondary N) is 1. The average molecular weight is 336 g/mol. The van der Waals surface area contributed by atoms with Gasteiger partial charge in [-0.25, -0.2) is 0 Å². The summed E-state index contributed by atoms with van der Waals surface area (Å²) in [6, 6.07) is 5.35. The minimum absolute atomic E-state index is 0.151. The molecule has 0 unspecified atom stereocenters. The molecule has 3 aromatic rings. The molecule has 0 bridgehead atoms. The number of furan rings is 1. The molecule has 2 aromatic heterocycles. The van der Waals surface area contributed by atoms with Gasteiger partial charge in [0.1, 0.15) is 10.6 Å². The summed E-state index contributed by atoms with van der Waals surface area (Å²) in [7, 11) is 0. The van der Waals surface area contributed by atoms with Crippen molar-refractivity contribution in [3.05, 3.63) is 40.1 Å². The minimum Gasteiger partial charge on any atom is -0.464 e. The van der Waals surface area contributed by atoms with Crippen LogP contribution in [0.25, 0.3) is 11.0 Å². The van der Waals surface area contributed by atoms with Gasteiger partial charge < -0.3 is 9.73 Å². The maximum atomic E-state index is 12.1. The molecule has 0 spiro atoms. The molecule has 0 aliphatic carbocycles. The van der Waals surface area contributed by atoms with Crippen LogP contribution in [0.5, 0.6) is 0 Å². The molecule has 3 rings (SSSR count). The van der Waals surface area contributed by atoms with E-state index in [4.69, 9.17) is 16.0 Å². The normalized spacial score (nSPS) is 11.0. The number of nitrogens with zero attached hydrogens (tertiary/aromatic N) is 2. The Morgan fingerprint density at radius 1 is 1.41 bits per heavy atom. The van der Waals surface area contributed by atoms with Gasteiger partial charge in [0.25, 0.3) is 0 Å². The predicted octanol–water partition coefficient (Wildman–Crippen LogP) is 4.07. The Bertz CT molecular complexity index is 812. The number of rotatable bonds is 5.